The Hall–Kier alpha value is -2.08. The molecule has 1 aliphatic carbocycles. The van der Waals surface area contributed by atoms with Crippen LogP contribution in [-0.2, 0) is 9.53 Å². The molecule has 4 rings (SSSR count). The summed E-state index contributed by atoms with van der Waals surface area (Å²) in [5, 5.41) is 6.08. The molecule has 2 unspecified atom stereocenters. The van der Waals surface area contributed by atoms with Crippen LogP contribution in [-0.4, -0.2) is 37.2 Å². The molecule has 1 spiro atoms. The first kappa shape index (κ1) is 16.4. The number of carbonyl (C=O) groups excluding carboxylic acids is 2. The Labute approximate surface area is 147 Å². The number of para-hydroxylation sites is 2. The number of benzene rings is 1. The second-order valence-corrected chi connectivity index (χ2v) is 7.75. The van der Waals surface area contributed by atoms with Crippen molar-refractivity contribution in [3.8, 4) is 0 Å². The minimum absolute atomic E-state index is 0.0758. The number of rotatable bonds is 3. The molecule has 134 valence electrons. The van der Waals surface area contributed by atoms with Gasteiger partial charge in [0, 0.05) is 11.5 Å². The van der Waals surface area contributed by atoms with Crippen LogP contribution in [0.15, 0.2) is 24.3 Å². The van der Waals surface area contributed by atoms with Crippen molar-refractivity contribution in [1.29, 1.82) is 0 Å². The molecule has 3 amide bonds. The van der Waals surface area contributed by atoms with Gasteiger partial charge in [-0.25, -0.2) is 4.79 Å². The van der Waals surface area contributed by atoms with Crippen molar-refractivity contribution < 1.29 is 14.3 Å². The topological polar surface area (TPSA) is 70.7 Å². The smallest absolute Gasteiger partial charge is 0.322 e. The van der Waals surface area contributed by atoms with Crippen LogP contribution in [0.4, 0.5) is 16.2 Å². The summed E-state index contributed by atoms with van der Waals surface area (Å²) in [4.78, 5) is 27.4. The van der Waals surface area contributed by atoms with E-state index >= 15 is 0 Å². The Morgan fingerprint density at radius 3 is 2.76 bits per heavy atom. The molecule has 2 fully saturated rings. The average molecular weight is 343 g/mol. The van der Waals surface area contributed by atoms with Crippen molar-refractivity contribution in [1.82, 2.24) is 5.32 Å². The second kappa shape index (κ2) is 6.02. The summed E-state index contributed by atoms with van der Waals surface area (Å²) in [6, 6.07) is 7.01. The van der Waals surface area contributed by atoms with Gasteiger partial charge in [0.2, 0.25) is 5.91 Å². The molecule has 1 saturated heterocycles. The van der Waals surface area contributed by atoms with E-state index < -0.39 is 6.04 Å². The lowest BCUT2D eigenvalue weighted by molar-refractivity contribution is -0.165. The van der Waals surface area contributed by atoms with E-state index in [1.54, 1.807) is 4.90 Å². The molecule has 1 saturated carbocycles. The fourth-order valence-electron chi connectivity index (χ4n) is 4.19. The van der Waals surface area contributed by atoms with E-state index in [0.717, 1.165) is 38.2 Å². The second-order valence-electron chi connectivity index (χ2n) is 7.75. The first-order chi connectivity index (χ1) is 12.0. The highest BCUT2D eigenvalue weighted by Crippen LogP contribution is 2.47. The summed E-state index contributed by atoms with van der Waals surface area (Å²) in [7, 11) is 0. The molecule has 1 aromatic carbocycles. The van der Waals surface area contributed by atoms with E-state index in [1.165, 1.54) is 0 Å². The van der Waals surface area contributed by atoms with Gasteiger partial charge in [0.05, 0.1) is 24.6 Å². The summed E-state index contributed by atoms with van der Waals surface area (Å²) in [5.41, 5.74) is 1.76. The van der Waals surface area contributed by atoms with E-state index in [4.69, 9.17) is 4.74 Å². The molecule has 0 aromatic heterocycles. The average Bonchev–Trinajstić information content (AvgIpc) is 2.53. The monoisotopic (exact) mass is 343 g/mol. The largest absolute Gasteiger partial charge is 0.380 e. The predicted octanol–water partition coefficient (Wildman–Crippen LogP) is 2.75. The Balaban J connectivity index is 1.56. The Morgan fingerprint density at radius 2 is 2.12 bits per heavy atom. The number of nitrogens with zero attached hydrogens (tertiary/aromatic N) is 1. The van der Waals surface area contributed by atoms with Crippen LogP contribution in [0.25, 0.3) is 0 Å². The fourth-order valence-corrected chi connectivity index (χ4v) is 4.19. The molecule has 6 nitrogen and oxygen atoms in total. The molecule has 2 aliphatic heterocycles. The maximum atomic E-state index is 13.1. The van der Waals surface area contributed by atoms with Crippen LogP contribution in [0.3, 0.4) is 0 Å². The Kier molecular flexibility index (Phi) is 3.95. The molecule has 2 heterocycles. The van der Waals surface area contributed by atoms with Crippen LogP contribution in [0.5, 0.6) is 0 Å². The van der Waals surface area contributed by atoms with Crippen molar-refractivity contribution in [3.63, 3.8) is 0 Å². The van der Waals surface area contributed by atoms with Gasteiger partial charge in [-0.1, -0.05) is 32.4 Å². The van der Waals surface area contributed by atoms with Gasteiger partial charge in [0.15, 0.2) is 0 Å². The molecular weight excluding hydrogens is 318 g/mol. The van der Waals surface area contributed by atoms with Gasteiger partial charge in [-0.2, -0.15) is 0 Å². The number of hydrogen-bond acceptors (Lipinski definition) is 3. The number of urea groups is 1. The van der Waals surface area contributed by atoms with Crippen LogP contribution < -0.4 is 15.5 Å². The van der Waals surface area contributed by atoms with Crippen molar-refractivity contribution in [2.45, 2.75) is 45.2 Å². The highest BCUT2D eigenvalue weighted by Gasteiger charge is 2.51. The highest BCUT2D eigenvalue weighted by atomic mass is 16.5. The van der Waals surface area contributed by atoms with Gasteiger partial charge in [-0.15, -0.1) is 0 Å². The van der Waals surface area contributed by atoms with Gasteiger partial charge < -0.3 is 15.4 Å². The van der Waals surface area contributed by atoms with Gasteiger partial charge in [0.1, 0.15) is 6.04 Å². The molecular formula is C19H25N3O3. The number of anilines is 2. The van der Waals surface area contributed by atoms with E-state index in [0.29, 0.717) is 11.1 Å². The lowest BCUT2D eigenvalue weighted by Gasteiger charge is -2.53. The van der Waals surface area contributed by atoms with E-state index in [9.17, 15) is 9.59 Å². The molecule has 2 N–H and O–H groups in total. The predicted molar refractivity (Wildman–Crippen MR) is 95.6 cm³/mol. The Morgan fingerprint density at radius 1 is 1.40 bits per heavy atom. The SMILES string of the molecule is CCC(C)C1C(=O)Nc2ccccc2N1C(=O)NC1CC2(COC2)C1. The molecule has 2 atom stereocenters. The summed E-state index contributed by atoms with van der Waals surface area (Å²) >= 11 is 0. The molecule has 0 bridgehead atoms. The third kappa shape index (κ3) is 2.68. The van der Waals surface area contributed by atoms with Gasteiger partial charge in [-0.3, -0.25) is 9.69 Å². The zero-order valence-electron chi connectivity index (χ0n) is 14.7. The number of amides is 3. The summed E-state index contributed by atoms with van der Waals surface area (Å²) in [6.07, 6.45) is 2.76. The number of ether oxygens (including phenoxy) is 1. The number of hydrogen-bond donors (Lipinski definition) is 2. The van der Waals surface area contributed by atoms with E-state index in [2.05, 4.69) is 10.6 Å². The fraction of sp³-hybridized carbons (Fsp3) is 0.579. The molecule has 0 radical (unpaired) electrons. The molecule has 6 heteroatoms. The Bertz CT molecular complexity index is 693. The summed E-state index contributed by atoms with van der Waals surface area (Å²) in [5.74, 6) is -0.0347. The van der Waals surface area contributed by atoms with Gasteiger partial charge >= 0.3 is 6.03 Å². The van der Waals surface area contributed by atoms with Crippen LogP contribution in [0.2, 0.25) is 0 Å². The number of carbonyl (C=O) groups is 2. The maximum Gasteiger partial charge on any atom is 0.322 e. The quantitative estimate of drug-likeness (QED) is 0.886. The van der Waals surface area contributed by atoms with Crippen LogP contribution in [0.1, 0.15) is 33.1 Å². The molecule has 1 aromatic rings. The molecule has 3 aliphatic rings. The summed E-state index contributed by atoms with van der Waals surface area (Å²) in [6.45, 7) is 5.68. The van der Waals surface area contributed by atoms with Crippen molar-refractivity contribution >= 4 is 23.3 Å². The van der Waals surface area contributed by atoms with Crippen molar-refractivity contribution in [3.05, 3.63) is 24.3 Å². The third-order valence-electron chi connectivity index (χ3n) is 5.87. The first-order valence-corrected chi connectivity index (χ1v) is 9.10. The number of fused-ring (bicyclic) bond motifs is 1. The lowest BCUT2D eigenvalue weighted by atomic mass is 9.64. The first-order valence-electron chi connectivity index (χ1n) is 9.10. The number of nitrogens with one attached hydrogen (secondary N) is 2. The normalized spacial score (nSPS) is 25.4. The van der Waals surface area contributed by atoms with Crippen LogP contribution >= 0.6 is 0 Å². The highest BCUT2D eigenvalue weighted by molar-refractivity contribution is 6.11. The van der Waals surface area contributed by atoms with Gasteiger partial charge in [0.25, 0.3) is 0 Å². The van der Waals surface area contributed by atoms with E-state index in [-0.39, 0.29) is 23.9 Å². The molecule has 25 heavy (non-hydrogen) atoms. The minimum atomic E-state index is -0.485. The standard InChI is InChI=1S/C19H25N3O3/c1-3-12(2)16-17(23)21-14-6-4-5-7-15(14)22(16)18(24)20-13-8-19(9-13)10-25-11-19/h4-7,12-13,16H,3,8-11H2,1-2H3,(H,20,24)(H,21,23). The zero-order chi connectivity index (χ0) is 17.6. The van der Waals surface area contributed by atoms with Crippen LogP contribution in [0, 0.1) is 11.3 Å². The third-order valence-corrected chi connectivity index (χ3v) is 5.87. The van der Waals surface area contributed by atoms with Crippen molar-refractivity contribution in [2.75, 3.05) is 23.4 Å². The van der Waals surface area contributed by atoms with Gasteiger partial charge in [-0.05, 0) is 30.9 Å². The lowest BCUT2D eigenvalue weighted by Crippen LogP contribution is -2.63. The maximum absolute atomic E-state index is 13.1. The zero-order valence-corrected chi connectivity index (χ0v) is 14.7. The summed E-state index contributed by atoms with van der Waals surface area (Å²) < 4.78 is 5.30. The van der Waals surface area contributed by atoms with E-state index in [1.807, 2.05) is 38.1 Å². The van der Waals surface area contributed by atoms with Crippen molar-refractivity contribution in [2.24, 2.45) is 11.3 Å². The minimum Gasteiger partial charge on any atom is -0.380 e.